The first-order valence-corrected chi connectivity index (χ1v) is 6.93. The van der Waals surface area contributed by atoms with E-state index in [1.54, 1.807) is 0 Å². The van der Waals surface area contributed by atoms with Gasteiger partial charge in [0.15, 0.2) is 0 Å². The van der Waals surface area contributed by atoms with E-state index in [0.717, 1.165) is 32.5 Å². The SMILES string of the molecule is NC1CCN(CCNCc2cccs2)CC1. The molecule has 3 nitrogen and oxygen atoms in total. The lowest BCUT2D eigenvalue weighted by molar-refractivity contribution is 0.213. The number of nitrogens with one attached hydrogen (secondary N) is 1. The van der Waals surface area contributed by atoms with Gasteiger partial charge in [-0.25, -0.2) is 0 Å². The molecule has 0 aliphatic carbocycles. The van der Waals surface area contributed by atoms with E-state index in [4.69, 9.17) is 5.73 Å². The topological polar surface area (TPSA) is 41.3 Å². The summed E-state index contributed by atoms with van der Waals surface area (Å²) >= 11 is 1.82. The molecular formula is C12H21N3S. The third-order valence-electron chi connectivity index (χ3n) is 3.12. The second kappa shape index (κ2) is 6.35. The minimum atomic E-state index is 0.440. The summed E-state index contributed by atoms with van der Waals surface area (Å²) in [6, 6.07) is 4.72. The summed E-state index contributed by atoms with van der Waals surface area (Å²) < 4.78 is 0. The van der Waals surface area contributed by atoms with Gasteiger partial charge in [-0.15, -0.1) is 11.3 Å². The van der Waals surface area contributed by atoms with Crippen LogP contribution in [0.15, 0.2) is 17.5 Å². The van der Waals surface area contributed by atoms with Crippen LogP contribution in [0.5, 0.6) is 0 Å². The highest BCUT2D eigenvalue weighted by Crippen LogP contribution is 2.08. The van der Waals surface area contributed by atoms with Gasteiger partial charge in [-0.2, -0.15) is 0 Å². The largest absolute Gasteiger partial charge is 0.328 e. The minimum absolute atomic E-state index is 0.440. The standard InChI is InChI=1S/C12H21N3S/c13-11-3-6-15(7-4-11)8-5-14-10-12-2-1-9-16-12/h1-2,9,11,14H,3-8,10,13H2. The van der Waals surface area contributed by atoms with Crippen LogP contribution in [0.2, 0.25) is 0 Å². The molecule has 90 valence electrons. The average molecular weight is 239 g/mol. The summed E-state index contributed by atoms with van der Waals surface area (Å²) in [5.41, 5.74) is 5.88. The third-order valence-corrected chi connectivity index (χ3v) is 3.99. The quantitative estimate of drug-likeness (QED) is 0.760. The Morgan fingerprint density at radius 1 is 1.44 bits per heavy atom. The van der Waals surface area contributed by atoms with Gasteiger partial charge in [0.1, 0.15) is 0 Å². The smallest absolute Gasteiger partial charge is 0.0300 e. The van der Waals surface area contributed by atoms with Crippen LogP contribution >= 0.6 is 11.3 Å². The lowest BCUT2D eigenvalue weighted by atomic mass is 10.1. The second-order valence-electron chi connectivity index (χ2n) is 4.44. The first-order chi connectivity index (χ1) is 7.84. The van der Waals surface area contributed by atoms with Crippen molar-refractivity contribution in [2.75, 3.05) is 26.2 Å². The number of piperidine rings is 1. The molecule has 1 saturated heterocycles. The summed E-state index contributed by atoms with van der Waals surface area (Å²) in [6.07, 6.45) is 2.32. The van der Waals surface area contributed by atoms with Crippen LogP contribution in [-0.2, 0) is 6.54 Å². The Hall–Kier alpha value is -0.420. The molecule has 3 N–H and O–H groups in total. The minimum Gasteiger partial charge on any atom is -0.328 e. The molecule has 0 bridgehead atoms. The van der Waals surface area contributed by atoms with Crippen molar-refractivity contribution in [3.05, 3.63) is 22.4 Å². The summed E-state index contributed by atoms with van der Waals surface area (Å²) in [4.78, 5) is 3.92. The first-order valence-electron chi connectivity index (χ1n) is 6.05. The summed E-state index contributed by atoms with van der Waals surface area (Å²) in [5, 5.41) is 5.61. The fraction of sp³-hybridized carbons (Fsp3) is 0.667. The molecule has 2 rings (SSSR count). The predicted octanol–water partition coefficient (Wildman–Crippen LogP) is 1.26. The summed E-state index contributed by atoms with van der Waals surface area (Å²) in [7, 11) is 0. The predicted molar refractivity (Wildman–Crippen MR) is 69.7 cm³/mol. The fourth-order valence-corrected chi connectivity index (χ4v) is 2.71. The molecule has 0 aromatic carbocycles. The van der Waals surface area contributed by atoms with Gasteiger partial charge in [0, 0.05) is 30.6 Å². The molecular weight excluding hydrogens is 218 g/mol. The van der Waals surface area contributed by atoms with E-state index >= 15 is 0 Å². The molecule has 1 aliphatic rings. The van der Waals surface area contributed by atoms with Crippen LogP contribution in [0, 0.1) is 0 Å². The highest BCUT2D eigenvalue weighted by atomic mass is 32.1. The van der Waals surface area contributed by atoms with E-state index in [9.17, 15) is 0 Å². The van der Waals surface area contributed by atoms with Gasteiger partial charge in [-0.05, 0) is 37.4 Å². The van der Waals surface area contributed by atoms with Crippen molar-refractivity contribution >= 4 is 11.3 Å². The molecule has 0 atom stereocenters. The molecule has 0 unspecified atom stereocenters. The van der Waals surface area contributed by atoms with Crippen molar-refractivity contribution in [2.45, 2.75) is 25.4 Å². The monoisotopic (exact) mass is 239 g/mol. The van der Waals surface area contributed by atoms with Gasteiger partial charge in [0.05, 0.1) is 0 Å². The summed E-state index contributed by atoms with van der Waals surface area (Å²) in [5.74, 6) is 0. The maximum Gasteiger partial charge on any atom is 0.0300 e. The van der Waals surface area contributed by atoms with Crippen LogP contribution in [-0.4, -0.2) is 37.1 Å². The van der Waals surface area contributed by atoms with Crippen molar-refractivity contribution in [2.24, 2.45) is 5.73 Å². The molecule has 0 amide bonds. The molecule has 1 aromatic rings. The molecule has 4 heteroatoms. The van der Waals surface area contributed by atoms with Crippen LogP contribution in [0.1, 0.15) is 17.7 Å². The van der Waals surface area contributed by atoms with Gasteiger partial charge in [-0.3, -0.25) is 0 Å². The maximum absolute atomic E-state index is 5.88. The highest BCUT2D eigenvalue weighted by molar-refractivity contribution is 7.09. The number of nitrogens with two attached hydrogens (primary N) is 1. The van der Waals surface area contributed by atoms with Gasteiger partial charge >= 0.3 is 0 Å². The van der Waals surface area contributed by atoms with E-state index in [1.807, 2.05) is 11.3 Å². The molecule has 0 radical (unpaired) electrons. The van der Waals surface area contributed by atoms with Gasteiger partial charge in [0.2, 0.25) is 0 Å². The van der Waals surface area contributed by atoms with E-state index in [0.29, 0.717) is 6.04 Å². The third kappa shape index (κ3) is 3.87. The van der Waals surface area contributed by atoms with Crippen molar-refractivity contribution in [1.29, 1.82) is 0 Å². The molecule has 16 heavy (non-hydrogen) atoms. The van der Waals surface area contributed by atoms with Crippen molar-refractivity contribution in [3.63, 3.8) is 0 Å². The van der Waals surface area contributed by atoms with E-state index in [2.05, 4.69) is 27.7 Å². The molecule has 0 spiro atoms. The molecule has 1 aromatic heterocycles. The van der Waals surface area contributed by atoms with Gasteiger partial charge < -0.3 is 16.0 Å². The van der Waals surface area contributed by atoms with E-state index in [-0.39, 0.29) is 0 Å². The van der Waals surface area contributed by atoms with Crippen molar-refractivity contribution in [3.8, 4) is 0 Å². The number of hydrogen-bond acceptors (Lipinski definition) is 4. The van der Waals surface area contributed by atoms with Crippen LogP contribution in [0.4, 0.5) is 0 Å². The normalized spacial score (nSPS) is 19.1. The number of hydrogen-bond donors (Lipinski definition) is 2. The van der Waals surface area contributed by atoms with Gasteiger partial charge in [-0.1, -0.05) is 6.07 Å². The first kappa shape index (κ1) is 12.0. The lowest BCUT2D eigenvalue weighted by Gasteiger charge is -2.29. The Labute approximate surface area is 102 Å². The number of rotatable bonds is 5. The molecule has 2 heterocycles. The van der Waals surface area contributed by atoms with Crippen LogP contribution < -0.4 is 11.1 Å². The lowest BCUT2D eigenvalue weighted by Crippen LogP contribution is -2.42. The van der Waals surface area contributed by atoms with Crippen molar-refractivity contribution < 1.29 is 0 Å². The Morgan fingerprint density at radius 3 is 2.94 bits per heavy atom. The second-order valence-corrected chi connectivity index (χ2v) is 5.47. The zero-order valence-corrected chi connectivity index (χ0v) is 10.5. The number of nitrogens with zero attached hydrogens (tertiary/aromatic N) is 1. The molecule has 1 fully saturated rings. The van der Waals surface area contributed by atoms with E-state index in [1.165, 1.54) is 18.0 Å². The number of thiophene rings is 1. The van der Waals surface area contributed by atoms with Crippen LogP contribution in [0.25, 0.3) is 0 Å². The zero-order valence-electron chi connectivity index (χ0n) is 9.69. The van der Waals surface area contributed by atoms with Crippen LogP contribution in [0.3, 0.4) is 0 Å². The fourth-order valence-electron chi connectivity index (χ4n) is 2.04. The molecule has 0 saturated carbocycles. The zero-order chi connectivity index (χ0) is 11.2. The maximum atomic E-state index is 5.88. The molecule has 1 aliphatic heterocycles. The Kier molecular flexibility index (Phi) is 4.78. The number of likely N-dealkylation sites (tertiary alicyclic amines) is 1. The Morgan fingerprint density at radius 2 is 2.25 bits per heavy atom. The Balaban J connectivity index is 1.55. The average Bonchev–Trinajstić information content (AvgIpc) is 2.80. The van der Waals surface area contributed by atoms with Gasteiger partial charge in [0.25, 0.3) is 0 Å². The summed E-state index contributed by atoms with van der Waals surface area (Å²) in [6.45, 7) is 5.57. The highest BCUT2D eigenvalue weighted by Gasteiger charge is 2.14. The van der Waals surface area contributed by atoms with Crippen molar-refractivity contribution in [1.82, 2.24) is 10.2 Å². The Bertz CT molecular complexity index is 278. The van der Waals surface area contributed by atoms with E-state index < -0.39 is 0 Å².